The quantitative estimate of drug-likeness (QED) is 0.720. The van der Waals surface area contributed by atoms with E-state index in [0.29, 0.717) is 23.9 Å². The van der Waals surface area contributed by atoms with Crippen LogP contribution in [0.25, 0.3) is 11.5 Å². The lowest BCUT2D eigenvalue weighted by Gasteiger charge is -2.20. The van der Waals surface area contributed by atoms with Crippen molar-refractivity contribution in [3.05, 3.63) is 60.1 Å². The Balaban J connectivity index is 1.73. The van der Waals surface area contributed by atoms with Crippen molar-refractivity contribution < 1.29 is 13.2 Å². The van der Waals surface area contributed by atoms with Crippen LogP contribution in [0.4, 0.5) is 4.39 Å². The first-order chi connectivity index (χ1) is 10.6. The Hall–Kier alpha value is -2.47. The normalized spacial score (nSPS) is 12.7. The minimum atomic E-state index is -0.296. The summed E-state index contributed by atoms with van der Waals surface area (Å²) in [4.78, 5) is 2.04. The molecule has 0 bridgehead atoms. The van der Waals surface area contributed by atoms with Crippen LogP contribution in [0, 0.1) is 5.82 Å². The van der Waals surface area contributed by atoms with Crippen LogP contribution >= 0.6 is 0 Å². The molecule has 1 aromatic carbocycles. The second-order valence-electron chi connectivity index (χ2n) is 5.12. The van der Waals surface area contributed by atoms with Gasteiger partial charge >= 0.3 is 0 Å². The molecule has 6 heteroatoms. The van der Waals surface area contributed by atoms with Crippen molar-refractivity contribution >= 4 is 0 Å². The van der Waals surface area contributed by atoms with Gasteiger partial charge in [0.15, 0.2) is 0 Å². The third-order valence-electron chi connectivity index (χ3n) is 3.54. The van der Waals surface area contributed by atoms with E-state index >= 15 is 0 Å². The van der Waals surface area contributed by atoms with E-state index in [9.17, 15) is 4.39 Å². The fourth-order valence-electron chi connectivity index (χ4n) is 2.09. The molecule has 0 aliphatic rings. The summed E-state index contributed by atoms with van der Waals surface area (Å²) in [7, 11) is 1.95. The first kappa shape index (κ1) is 14.5. The molecule has 2 heterocycles. The van der Waals surface area contributed by atoms with Gasteiger partial charge in [-0.3, -0.25) is 4.90 Å². The molecular formula is C16H16FN3O2. The van der Waals surface area contributed by atoms with Crippen molar-refractivity contribution in [2.45, 2.75) is 19.5 Å². The summed E-state index contributed by atoms with van der Waals surface area (Å²) in [5, 5.41) is 8.11. The van der Waals surface area contributed by atoms with Gasteiger partial charge in [-0.05, 0) is 50.4 Å². The van der Waals surface area contributed by atoms with E-state index in [-0.39, 0.29) is 11.9 Å². The summed E-state index contributed by atoms with van der Waals surface area (Å²) < 4.78 is 24.0. The molecular weight excluding hydrogens is 285 g/mol. The number of hydrogen-bond donors (Lipinski definition) is 0. The minimum absolute atomic E-state index is 0.0631. The monoisotopic (exact) mass is 301 g/mol. The van der Waals surface area contributed by atoms with E-state index in [1.165, 1.54) is 12.1 Å². The summed E-state index contributed by atoms with van der Waals surface area (Å²) >= 11 is 0. The summed E-state index contributed by atoms with van der Waals surface area (Å²) in [5.41, 5.74) is 0.695. The number of aromatic nitrogens is 2. The highest BCUT2D eigenvalue weighted by Crippen LogP contribution is 2.24. The predicted molar refractivity (Wildman–Crippen MR) is 78.3 cm³/mol. The third kappa shape index (κ3) is 3.07. The fraction of sp³-hybridized carbons (Fsp3) is 0.250. The van der Waals surface area contributed by atoms with Gasteiger partial charge in [0.25, 0.3) is 0 Å². The molecule has 1 atom stereocenters. The molecule has 22 heavy (non-hydrogen) atoms. The van der Waals surface area contributed by atoms with Gasteiger partial charge in [-0.15, -0.1) is 10.2 Å². The topological polar surface area (TPSA) is 55.3 Å². The molecule has 0 radical (unpaired) electrons. The van der Waals surface area contributed by atoms with Crippen molar-refractivity contribution in [3.63, 3.8) is 0 Å². The molecule has 0 saturated heterocycles. The Morgan fingerprint density at radius 2 is 1.95 bits per heavy atom. The van der Waals surface area contributed by atoms with E-state index in [4.69, 9.17) is 8.83 Å². The lowest BCUT2D eigenvalue weighted by molar-refractivity contribution is 0.203. The molecule has 0 spiro atoms. The van der Waals surface area contributed by atoms with Gasteiger partial charge in [0.05, 0.1) is 18.8 Å². The van der Waals surface area contributed by atoms with Gasteiger partial charge < -0.3 is 8.83 Å². The number of rotatable bonds is 5. The van der Waals surface area contributed by atoms with Gasteiger partial charge in [0.1, 0.15) is 11.6 Å². The van der Waals surface area contributed by atoms with Gasteiger partial charge in [-0.2, -0.15) is 0 Å². The van der Waals surface area contributed by atoms with Crippen LogP contribution in [0.3, 0.4) is 0 Å². The highest BCUT2D eigenvalue weighted by atomic mass is 19.1. The molecule has 0 N–H and O–H groups in total. The zero-order valence-electron chi connectivity index (χ0n) is 12.4. The summed E-state index contributed by atoms with van der Waals surface area (Å²) in [5.74, 6) is 1.46. The van der Waals surface area contributed by atoms with Crippen LogP contribution < -0.4 is 0 Å². The molecule has 3 aromatic rings. The first-order valence-corrected chi connectivity index (χ1v) is 6.95. The summed E-state index contributed by atoms with van der Waals surface area (Å²) in [6.45, 7) is 2.62. The van der Waals surface area contributed by atoms with Gasteiger partial charge in [0.2, 0.25) is 11.8 Å². The maximum absolute atomic E-state index is 12.9. The van der Waals surface area contributed by atoms with Crippen LogP contribution in [0.15, 0.2) is 51.5 Å². The molecule has 0 unspecified atom stereocenters. The average molecular weight is 301 g/mol. The number of furan rings is 1. The zero-order chi connectivity index (χ0) is 15.5. The Labute approximate surface area is 127 Å². The highest BCUT2D eigenvalue weighted by molar-refractivity contribution is 5.51. The van der Waals surface area contributed by atoms with Crippen molar-refractivity contribution in [3.8, 4) is 11.5 Å². The average Bonchev–Trinajstić information content (AvgIpc) is 3.18. The maximum Gasteiger partial charge on any atom is 0.247 e. The molecule has 3 rings (SSSR count). The molecule has 5 nitrogen and oxygen atoms in total. The second kappa shape index (κ2) is 6.11. The van der Waals surface area contributed by atoms with Crippen LogP contribution in [0.1, 0.15) is 24.6 Å². The highest BCUT2D eigenvalue weighted by Gasteiger charge is 2.20. The minimum Gasteiger partial charge on any atom is -0.468 e. The smallest absolute Gasteiger partial charge is 0.247 e. The Kier molecular flexibility index (Phi) is 4.02. The lowest BCUT2D eigenvalue weighted by atomic mass is 10.2. The Morgan fingerprint density at radius 3 is 2.64 bits per heavy atom. The number of nitrogens with zero attached hydrogens (tertiary/aromatic N) is 3. The van der Waals surface area contributed by atoms with Crippen molar-refractivity contribution in [1.82, 2.24) is 15.1 Å². The maximum atomic E-state index is 12.9. The van der Waals surface area contributed by atoms with Crippen LogP contribution in [0.5, 0.6) is 0 Å². The summed E-state index contributed by atoms with van der Waals surface area (Å²) in [6, 6.07) is 9.67. The van der Waals surface area contributed by atoms with Crippen LogP contribution in [-0.2, 0) is 6.54 Å². The van der Waals surface area contributed by atoms with E-state index in [0.717, 1.165) is 5.76 Å². The van der Waals surface area contributed by atoms with Crippen molar-refractivity contribution in [2.24, 2.45) is 0 Å². The standard InChI is InChI=1S/C16H16FN3O2/c1-11(20(2)10-14-4-3-9-21-14)15-18-19-16(22-15)12-5-7-13(17)8-6-12/h3-9,11H,10H2,1-2H3/t11-/m1/s1. The van der Waals surface area contributed by atoms with E-state index in [1.807, 2.05) is 31.0 Å². The molecule has 2 aromatic heterocycles. The van der Waals surface area contributed by atoms with Crippen molar-refractivity contribution in [2.75, 3.05) is 7.05 Å². The van der Waals surface area contributed by atoms with Gasteiger partial charge in [-0.25, -0.2) is 4.39 Å². The largest absolute Gasteiger partial charge is 0.468 e. The fourth-order valence-corrected chi connectivity index (χ4v) is 2.09. The molecule has 0 saturated carbocycles. The number of hydrogen-bond acceptors (Lipinski definition) is 5. The molecule has 0 fully saturated rings. The number of halogens is 1. The summed E-state index contributed by atoms with van der Waals surface area (Å²) in [6.07, 6.45) is 1.65. The Bertz CT molecular complexity index is 722. The molecule has 0 aliphatic carbocycles. The second-order valence-corrected chi connectivity index (χ2v) is 5.12. The van der Waals surface area contributed by atoms with Crippen molar-refractivity contribution in [1.29, 1.82) is 0 Å². The Morgan fingerprint density at radius 1 is 1.18 bits per heavy atom. The van der Waals surface area contributed by atoms with Gasteiger partial charge in [0, 0.05) is 5.56 Å². The molecule has 0 aliphatic heterocycles. The predicted octanol–water partition coefficient (Wildman–Crippen LogP) is 3.66. The van der Waals surface area contributed by atoms with E-state index < -0.39 is 0 Å². The lowest BCUT2D eigenvalue weighted by Crippen LogP contribution is -2.21. The molecule has 114 valence electrons. The van der Waals surface area contributed by atoms with Crippen LogP contribution in [0.2, 0.25) is 0 Å². The molecule has 0 amide bonds. The SMILES string of the molecule is C[C@H](c1nnc(-c2ccc(F)cc2)o1)N(C)Cc1ccco1. The zero-order valence-corrected chi connectivity index (χ0v) is 12.4. The number of benzene rings is 1. The van der Waals surface area contributed by atoms with Crippen LogP contribution in [-0.4, -0.2) is 22.1 Å². The van der Waals surface area contributed by atoms with E-state index in [2.05, 4.69) is 10.2 Å². The van der Waals surface area contributed by atoms with E-state index in [1.54, 1.807) is 18.4 Å². The third-order valence-corrected chi connectivity index (χ3v) is 3.54. The van der Waals surface area contributed by atoms with Gasteiger partial charge in [-0.1, -0.05) is 0 Å². The first-order valence-electron chi connectivity index (χ1n) is 6.95.